The van der Waals surface area contributed by atoms with Crippen molar-refractivity contribution in [1.29, 1.82) is 0 Å². The zero-order valence-corrected chi connectivity index (χ0v) is 22.4. The molecular weight excluding hydrogens is 579 g/mol. The number of ether oxygens (including phenoxy) is 1. The van der Waals surface area contributed by atoms with Crippen LogP contribution in [0.4, 0.5) is 5.69 Å². The number of rotatable bonds is 7. The molecule has 0 atom stereocenters. The summed E-state index contributed by atoms with van der Waals surface area (Å²) in [5.74, 6) is 1.33. The second-order valence-corrected chi connectivity index (χ2v) is 10.2. The van der Waals surface area contributed by atoms with Gasteiger partial charge in [0.2, 0.25) is 0 Å². The van der Waals surface area contributed by atoms with Crippen molar-refractivity contribution in [3.63, 3.8) is 0 Å². The summed E-state index contributed by atoms with van der Waals surface area (Å²) in [6, 6.07) is 22.3. The number of benzene rings is 3. The van der Waals surface area contributed by atoms with Gasteiger partial charge < -0.3 is 10.1 Å². The first-order valence-electron chi connectivity index (χ1n) is 12.4. The molecule has 188 valence electrons. The maximum Gasteiger partial charge on any atom is 0.282 e. The standard InChI is InChI=1S/C29H27IN4O3/c30-24-17-20(15-16-26(24)37-19-27(35)32-22-11-5-2-6-12-22)18-31-34-28(21-9-3-1-4-10-21)33-25-14-8-7-13-23(25)29(34)36/h2,5-8,11-18,21H,1,3-4,9-10,19H2,(H,32,35). The zero-order valence-electron chi connectivity index (χ0n) is 20.3. The van der Waals surface area contributed by atoms with Gasteiger partial charge >= 0.3 is 0 Å². The first-order chi connectivity index (χ1) is 18.1. The molecule has 0 spiro atoms. The molecule has 0 aliphatic heterocycles. The van der Waals surface area contributed by atoms with Gasteiger partial charge in [-0.3, -0.25) is 9.59 Å². The molecule has 4 aromatic rings. The molecule has 5 rings (SSSR count). The lowest BCUT2D eigenvalue weighted by Crippen LogP contribution is -2.25. The predicted octanol–water partition coefficient (Wildman–Crippen LogP) is 5.95. The third-order valence-corrected chi connectivity index (χ3v) is 7.29. The Bertz CT molecular complexity index is 1490. The van der Waals surface area contributed by atoms with Crippen LogP contribution in [-0.2, 0) is 4.79 Å². The highest BCUT2D eigenvalue weighted by Gasteiger charge is 2.22. The molecule has 1 N–H and O–H groups in total. The summed E-state index contributed by atoms with van der Waals surface area (Å²) < 4.78 is 8.04. The number of nitrogens with one attached hydrogen (secondary N) is 1. The van der Waals surface area contributed by atoms with Gasteiger partial charge in [0.05, 0.1) is 20.7 Å². The van der Waals surface area contributed by atoms with E-state index in [-0.39, 0.29) is 24.0 Å². The van der Waals surface area contributed by atoms with Crippen molar-refractivity contribution in [3.8, 4) is 5.75 Å². The molecule has 37 heavy (non-hydrogen) atoms. The van der Waals surface area contributed by atoms with Gasteiger partial charge in [-0.15, -0.1) is 0 Å². The Morgan fingerprint density at radius 1 is 1.05 bits per heavy atom. The second kappa shape index (κ2) is 11.7. The molecule has 1 aromatic heterocycles. The fourth-order valence-corrected chi connectivity index (χ4v) is 5.27. The Morgan fingerprint density at radius 3 is 2.59 bits per heavy atom. The van der Waals surface area contributed by atoms with Gasteiger partial charge in [-0.2, -0.15) is 9.78 Å². The normalized spacial score (nSPS) is 14.2. The van der Waals surface area contributed by atoms with Crippen LogP contribution in [0.3, 0.4) is 0 Å². The Hall–Kier alpha value is -3.53. The van der Waals surface area contributed by atoms with Gasteiger partial charge in [-0.25, -0.2) is 4.98 Å². The Balaban J connectivity index is 1.35. The molecule has 0 bridgehead atoms. The minimum atomic E-state index is -0.230. The van der Waals surface area contributed by atoms with E-state index in [2.05, 4.69) is 33.0 Å². The van der Waals surface area contributed by atoms with Crippen LogP contribution in [0.2, 0.25) is 0 Å². The second-order valence-electron chi connectivity index (χ2n) is 9.08. The minimum Gasteiger partial charge on any atom is -0.483 e. The molecule has 3 aromatic carbocycles. The van der Waals surface area contributed by atoms with Crippen LogP contribution >= 0.6 is 22.6 Å². The van der Waals surface area contributed by atoms with E-state index >= 15 is 0 Å². The first-order valence-corrected chi connectivity index (χ1v) is 13.5. The summed E-state index contributed by atoms with van der Waals surface area (Å²) in [7, 11) is 0. The third kappa shape index (κ3) is 6.07. The van der Waals surface area contributed by atoms with Gasteiger partial charge in [-0.1, -0.05) is 49.6 Å². The van der Waals surface area contributed by atoms with Crippen molar-refractivity contribution in [1.82, 2.24) is 9.66 Å². The number of hydrogen-bond acceptors (Lipinski definition) is 5. The maximum atomic E-state index is 13.4. The average Bonchev–Trinajstić information content (AvgIpc) is 2.93. The van der Waals surface area contributed by atoms with Crippen LogP contribution in [0.5, 0.6) is 5.75 Å². The molecule has 7 nitrogen and oxygen atoms in total. The number of anilines is 1. The molecule has 1 heterocycles. The fraction of sp³-hybridized carbons (Fsp3) is 0.241. The zero-order chi connectivity index (χ0) is 25.6. The van der Waals surface area contributed by atoms with E-state index in [4.69, 9.17) is 9.72 Å². The van der Waals surface area contributed by atoms with E-state index in [1.807, 2.05) is 66.7 Å². The molecule has 8 heteroatoms. The number of fused-ring (bicyclic) bond motifs is 1. The van der Waals surface area contributed by atoms with Gasteiger partial charge in [0, 0.05) is 11.6 Å². The summed E-state index contributed by atoms with van der Waals surface area (Å²) in [6.07, 6.45) is 7.21. The first kappa shape index (κ1) is 25.1. The van der Waals surface area contributed by atoms with Crippen LogP contribution in [-0.4, -0.2) is 28.4 Å². The SMILES string of the molecule is O=C(COc1ccc(C=Nn2c(C3CCCCC3)nc3ccccc3c2=O)cc1I)Nc1ccccc1. The van der Waals surface area contributed by atoms with E-state index in [0.717, 1.165) is 46.3 Å². The summed E-state index contributed by atoms with van der Waals surface area (Å²) in [5.41, 5.74) is 2.11. The minimum absolute atomic E-state index is 0.0960. The number of hydrogen-bond donors (Lipinski definition) is 1. The summed E-state index contributed by atoms with van der Waals surface area (Å²) >= 11 is 2.17. The largest absolute Gasteiger partial charge is 0.483 e. The van der Waals surface area contributed by atoms with Crippen LogP contribution in [0, 0.1) is 3.57 Å². The summed E-state index contributed by atoms with van der Waals surface area (Å²) in [6.45, 7) is -0.0960. The quantitative estimate of drug-likeness (QED) is 0.208. The molecule has 1 fully saturated rings. The molecule has 1 aliphatic carbocycles. The third-order valence-electron chi connectivity index (χ3n) is 6.44. The lowest BCUT2D eigenvalue weighted by atomic mass is 9.88. The van der Waals surface area contributed by atoms with E-state index in [1.54, 1.807) is 12.3 Å². The van der Waals surface area contributed by atoms with Crippen molar-refractivity contribution >= 4 is 51.3 Å². The fourth-order valence-electron chi connectivity index (χ4n) is 4.58. The maximum absolute atomic E-state index is 13.4. The molecule has 1 amide bonds. The van der Waals surface area contributed by atoms with Gasteiger partial charge in [0.25, 0.3) is 11.5 Å². The monoisotopic (exact) mass is 606 g/mol. The molecule has 0 unspecified atom stereocenters. The number of amides is 1. The Morgan fingerprint density at radius 2 is 1.81 bits per heavy atom. The van der Waals surface area contributed by atoms with Crippen molar-refractivity contribution < 1.29 is 9.53 Å². The van der Waals surface area contributed by atoms with Gasteiger partial charge in [0.15, 0.2) is 6.61 Å². The Labute approximate surface area is 228 Å². The highest BCUT2D eigenvalue weighted by atomic mass is 127. The lowest BCUT2D eigenvalue weighted by molar-refractivity contribution is -0.118. The van der Waals surface area contributed by atoms with Crippen molar-refractivity contribution in [2.75, 3.05) is 11.9 Å². The summed E-state index contributed by atoms with van der Waals surface area (Å²) in [4.78, 5) is 30.4. The van der Waals surface area contributed by atoms with Crippen LogP contribution in [0.1, 0.15) is 49.4 Å². The van der Waals surface area contributed by atoms with E-state index in [9.17, 15) is 9.59 Å². The highest BCUT2D eigenvalue weighted by molar-refractivity contribution is 14.1. The number of para-hydroxylation sites is 2. The topological polar surface area (TPSA) is 85.6 Å². The number of nitrogens with zero attached hydrogens (tertiary/aromatic N) is 3. The van der Waals surface area contributed by atoms with Crippen molar-refractivity contribution in [2.45, 2.75) is 38.0 Å². The predicted molar refractivity (Wildman–Crippen MR) is 155 cm³/mol. The number of halogens is 1. The van der Waals surface area contributed by atoms with Gasteiger partial charge in [0.1, 0.15) is 11.6 Å². The van der Waals surface area contributed by atoms with E-state index in [0.29, 0.717) is 16.7 Å². The van der Waals surface area contributed by atoms with Crippen molar-refractivity contribution in [2.24, 2.45) is 5.10 Å². The van der Waals surface area contributed by atoms with Crippen molar-refractivity contribution in [3.05, 3.63) is 98.1 Å². The molecule has 1 aliphatic rings. The molecular formula is C29H27IN4O3. The van der Waals surface area contributed by atoms with E-state index in [1.165, 1.54) is 11.1 Å². The molecule has 1 saturated carbocycles. The number of carbonyl (C=O) groups excluding carboxylic acids is 1. The number of carbonyl (C=O) groups is 1. The molecule has 0 radical (unpaired) electrons. The Kier molecular flexibility index (Phi) is 7.93. The van der Waals surface area contributed by atoms with Crippen LogP contribution < -0.4 is 15.6 Å². The number of aromatic nitrogens is 2. The van der Waals surface area contributed by atoms with Crippen LogP contribution in [0.25, 0.3) is 10.9 Å². The van der Waals surface area contributed by atoms with Gasteiger partial charge in [-0.05, 0) is 83.5 Å². The van der Waals surface area contributed by atoms with Crippen LogP contribution in [0.15, 0.2) is 82.7 Å². The molecule has 0 saturated heterocycles. The highest BCUT2D eigenvalue weighted by Crippen LogP contribution is 2.31. The van der Waals surface area contributed by atoms with E-state index < -0.39 is 0 Å². The summed E-state index contributed by atoms with van der Waals surface area (Å²) in [5, 5.41) is 7.97. The lowest BCUT2D eigenvalue weighted by Gasteiger charge is -2.22. The average molecular weight is 606 g/mol. The smallest absolute Gasteiger partial charge is 0.282 e.